The van der Waals surface area contributed by atoms with E-state index in [1.165, 1.54) is 12.1 Å². The molecule has 1 aliphatic heterocycles. The molecule has 0 spiro atoms. The zero-order valence-corrected chi connectivity index (χ0v) is 14.8. The molecule has 27 heavy (non-hydrogen) atoms. The summed E-state index contributed by atoms with van der Waals surface area (Å²) in [6.45, 7) is 2.03. The maximum absolute atomic E-state index is 13.1. The molecule has 0 amide bonds. The summed E-state index contributed by atoms with van der Waals surface area (Å²) in [5.74, 6) is 0.286. The van der Waals surface area contributed by atoms with Crippen molar-refractivity contribution in [3.05, 3.63) is 68.0 Å². The third kappa shape index (κ3) is 5.32. The monoisotopic (exact) mass is 381 g/mol. The number of hydrogen-bond acceptors (Lipinski definition) is 3. The van der Waals surface area contributed by atoms with E-state index in [2.05, 4.69) is 14.9 Å². The lowest BCUT2D eigenvalue weighted by Crippen LogP contribution is -2.36. The van der Waals surface area contributed by atoms with Crippen molar-refractivity contribution < 1.29 is 13.2 Å². The number of benzene rings is 1. The zero-order valence-electron chi connectivity index (χ0n) is 14.8. The lowest BCUT2D eigenvalue weighted by molar-refractivity contribution is -0.138. The molecule has 8 heteroatoms. The van der Waals surface area contributed by atoms with Crippen LogP contribution in [0.4, 0.5) is 13.2 Å². The van der Waals surface area contributed by atoms with Gasteiger partial charge in [0.15, 0.2) is 0 Å². The number of aryl methyl sites for hydroxylation is 1. The van der Waals surface area contributed by atoms with E-state index in [1.54, 1.807) is 12.1 Å². The Hall–Kier alpha value is -2.35. The molecule has 5 nitrogen and oxygen atoms in total. The van der Waals surface area contributed by atoms with Crippen molar-refractivity contribution in [1.82, 2.24) is 14.9 Å². The summed E-state index contributed by atoms with van der Waals surface area (Å²) in [6, 6.07) is 7.10. The molecular weight excluding hydrogens is 359 g/mol. The van der Waals surface area contributed by atoms with Crippen LogP contribution < -0.4 is 11.2 Å². The van der Waals surface area contributed by atoms with Gasteiger partial charge in [-0.1, -0.05) is 18.2 Å². The van der Waals surface area contributed by atoms with Gasteiger partial charge in [0.1, 0.15) is 0 Å². The number of alkyl halides is 3. The van der Waals surface area contributed by atoms with Crippen LogP contribution in [0.15, 0.2) is 39.9 Å². The van der Waals surface area contributed by atoms with E-state index < -0.39 is 23.0 Å². The molecule has 1 saturated heterocycles. The van der Waals surface area contributed by atoms with Gasteiger partial charge in [-0.25, -0.2) is 4.79 Å². The first-order chi connectivity index (χ1) is 12.8. The molecule has 1 atom stereocenters. The first-order valence-electron chi connectivity index (χ1n) is 9.01. The highest BCUT2D eigenvalue weighted by Gasteiger charge is 2.33. The SMILES string of the molecule is O=c1cc(CN2CCC[C@@H](CCc3ccccc3C(F)(F)F)C2)[nH]c(=O)[nH]1. The second-order valence-electron chi connectivity index (χ2n) is 7.05. The predicted molar refractivity (Wildman–Crippen MR) is 95.4 cm³/mol. The van der Waals surface area contributed by atoms with E-state index in [-0.39, 0.29) is 5.92 Å². The molecule has 0 unspecified atom stereocenters. The van der Waals surface area contributed by atoms with Crippen molar-refractivity contribution in [1.29, 1.82) is 0 Å². The Bertz CT molecular complexity index is 860. The molecule has 2 heterocycles. The van der Waals surface area contributed by atoms with E-state index in [0.717, 1.165) is 32.0 Å². The minimum atomic E-state index is -4.33. The Morgan fingerprint density at radius 3 is 2.67 bits per heavy atom. The van der Waals surface area contributed by atoms with Gasteiger partial charge in [0.2, 0.25) is 0 Å². The standard InChI is InChI=1S/C19H22F3N3O2/c20-19(21,22)16-6-2-1-5-14(16)8-7-13-4-3-9-25(11-13)12-15-10-17(26)24-18(27)23-15/h1-2,5-6,10,13H,3-4,7-9,11-12H2,(H2,23,24,26,27)/t13-/m0/s1. The fourth-order valence-electron chi connectivity index (χ4n) is 3.75. The van der Waals surface area contributed by atoms with Crippen molar-refractivity contribution in [3.63, 3.8) is 0 Å². The number of nitrogens with zero attached hydrogens (tertiary/aromatic N) is 1. The summed E-state index contributed by atoms with van der Waals surface area (Å²) in [7, 11) is 0. The van der Waals surface area contributed by atoms with Crippen molar-refractivity contribution in [2.75, 3.05) is 13.1 Å². The van der Waals surface area contributed by atoms with Crippen LogP contribution >= 0.6 is 0 Å². The van der Waals surface area contributed by atoms with Gasteiger partial charge in [-0.3, -0.25) is 14.7 Å². The summed E-state index contributed by atoms with van der Waals surface area (Å²) in [5.41, 5.74) is -0.646. The fourth-order valence-corrected chi connectivity index (χ4v) is 3.75. The third-order valence-corrected chi connectivity index (χ3v) is 4.96. The number of halogens is 3. The molecule has 1 aromatic carbocycles. The van der Waals surface area contributed by atoms with Crippen molar-refractivity contribution in [3.8, 4) is 0 Å². The fraction of sp³-hybridized carbons (Fsp3) is 0.474. The molecule has 2 N–H and O–H groups in total. The van der Waals surface area contributed by atoms with Crippen LogP contribution in [-0.4, -0.2) is 28.0 Å². The molecule has 0 bridgehead atoms. The van der Waals surface area contributed by atoms with Crippen LogP contribution in [-0.2, 0) is 19.1 Å². The molecular formula is C19H22F3N3O2. The Kier molecular flexibility index (Phi) is 5.84. The first-order valence-corrected chi connectivity index (χ1v) is 9.01. The molecule has 146 valence electrons. The van der Waals surface area contributed by atoms with Gasteiger partial charge < -0.3 is 4.98 Å². The number of H-pyrrole nitrogens is 2. The first kappa shape index (κ1) is 19.4. The van der Waals surface area contributed by atoms with Crippen LogP contribution in [0.25, 0.3) is 0 Å². The number of hydrogen-bond donors (Lipinski definition) is 2. The smallest absolute Gasteiger partial charge is 0.310 e. The Morgan fingerprint density at radius 1 is 1.15 bits per heavy atom. The molecule has 1 aromatic heterocycles. The minimum Gasteiger partial charge on any atom is -0.310 e. The van der Waals surface area contributed by atoms with E-state index in [1.807, 2.05) is 0 Å². The predicted octanol–water partition coefficient (Wildman–Crippen LogP) is 2.93. The summed E-state index contributed by atoms with van der Waals surface area (Å²) in [6.07, 6.45) is -1.36. The Labute approximate surface area is 154 Å². The Morgan fingerprint density at radius 2 is 1.93 bits per heavy atom. The summed E-state index contributed by atoms with van der Waals surface area (Å²) >= 11 is 0. The van der Waals surface area contributed by atoms with Crippen LogP contribution in [0.5, 0.6) is 0 Å². The summed E-state index contributed by atoms with van der Waals surface area (Å²) < 4.78 is 39.4. The van der Waals surface area contributed by atoms with Crippen molar-refractivity contribution in [2.45, 2.75) is 38.4 Å². The van der Waals surface area contributed by atoms with Crippen molar-refractivity contribution >= 4 is 0 Å². The topological polar surface area (TPSA) is 69.0 Å². The average molecular weight is 381 g/mol. The summed E-state index contributed by atoms with van der Waals surface area (Å²) in [5, 5.41) is 0. The minimum absolute atomic E-state index is 0.286. The number of piperidine rings is 1. The average Bonchev–Trinajstić information content (AvgIpc) is 2.59. The second-order valence-corrected chi connectivity index (χ2v) is 7.05. The third-order valence-electron chi connectivity index (χ3n) is 4.96. The van der Waals surface area contributed by atoms with Gasteiger partial charge in [-0.05, 0) is 49.8 Å². The molecule has 0 aliphatic carbocycles. The van der Waals surface area contributed by atoms with Crippen LogP contribution in [0.1, 0.15) is 36.1 Å². The highest BCUT2D eigenvalue weighted by Crippen LogP contribution is 2.33. The van der Waals surface area contributed by atoms with Gasteiger partial charge >= 0.3 is 11.9 Å². The molecule has 2 aromatic rings. The van der Waals surface area contributed by atoms with Crippen LogP contribution in [0, 0.1) is 5.92 Å². The number of likely N-dealkylation sites (tertiary alicyclic amines) is 1. The molecule has 1 aliphatic rings. The summed E-state index contributed by atoms with van der Waals surface area (Å²) in [4.78, 5) is 29.7. The second kappa shape index (κ2) is 8.12. The highest BCUT2D eigenvalue weighted by molar-refractivity contribution is 5.29. The largest absolute Gasteiger partial charge is 0.416 e. The lowest BCUT2D eigenvalue weighted by Gasteiger charge is -2.32. The number of aromatic amines is 2. The molecule has 1 fully saturated rings. The molecule has 0 radical (unpaired) electrons. The molecule has 3 rings (SSSR count). The van der Waals surface area contributed by atoms with Gasteiger partial charge in [0.05, 0.1) is 5.56 Å². The quantitative estimate of drug-likeness (QED) is 0.837. The Balaban J connectivity index is 1.61. The maximum atomic E-state index is 13.1. The normalized spacial score (nSPS) is 18.6. The number of rotatable bonds is 5. The van der Waals surface area contributed by atoms with E-state index in [0.29, 0.717) is 30.6 Å². The number of aromatic nitrogens is 2. The van der Waals surface area contributed by atoms with Gasteiger partial charge in [-0.2, -0.15) is 13.2 Å². The van der Waals surface area contributed by atoms with Gasteiger partial charge in [0, 0.05) is 24.8 Å². The van der Waals surface area contributed by atoms with Gasteiger partial charge in [0.25, 0.3) is 5.56 Å². The zero-order chi connectivity index (χ0) is 19.4. The maximum Gasteiger partial charge on any atom is 0.416 e. The van der Waals surface area contributed by atoms with E-state index in [9.17, 15) is 22.8 Å². The van der Waals surface area contributed by atoms with E-state index >= 15 is 0 Å². The van der Waals surface area contributed by atoms with E-state index in [4.69, 9.17) is 0 Å². The number of nitrogens with one attached hydrogen (secondary N) is 2. The van der Waals surface area contributed by atoms with Gasteiger partial charge in [-0.15, -0.1) is 0 Å². The van der Waals surface area contributed by atoms with Crippen LogP contribution in [0.2, 0.25) is 0 Å². The van der Waals surface area contributed by atoms with Crippen molar-refractivity contribution in [2.24, 2.45) is 5.92 Å². The lowest BCUT2D eigenvalue weighted by atomic mass is 9.90. The van der Waals surface area contributed by atoms with Crippen LogP contribution in [0.3, 0.4) is 0 Å². The highest BCUT2D eigenvalue weighted by atomic mass is 19.4. The molecule has 0 saturated carbocycles.